The highest BCUT2D eigenvalue weighted by Gasteiger charge is 2.46. The molecule has 0 unspecified atom stereocenters. The molecule has 0 saturated heterocycles. The predicted octanol–water partition coefficient (Wildman–Crippen LogP) is 1.30. The molecule has 0 bridgehead atoms. The van der Waals surface area contributed by atoms with Crippen molar-refractivity contribution in [1.29, 1.82) is 0 Å². The molecule has 0 aliphatic carbocycles. The highest BCUT2D eigenvalue weighted by Crippen LogP contribution is 2.31. The number of aryl methyl sites for hydroxylation is 1. The van der Waals surface area contributed by atoms with Crippen molar-refractivity contribution in [3.8, 4) is 0 Å². The highest BCUT2D eigenvalue weighted by molar-refractivity contribution is 7.90. The first-order valence-electron chi connectivity index (χ1n) is 5.26. The molecule has 18 heavy (non-hydrogen) atoms. The Balaban J connectivity index is 2.58. The summed E-state index contributed by atoms with van der Waals surface area (Å²) in [5.41, 5.74) is 0.742. The van der Waals surface area contributed by atoms with Crippen molar-refractivity contribution in [1.82, 2.24) is 4.31 Å². The van der Waals surface area contributed by atoms with E-state index in [0.717, 1.165) is 5.56 Å². The van der Waals surface area contributed by atoms with E-state index in [0.29, 0.717) is 0 Å². The fourth-order valence-corrected chi connectivity index (χ4v) is 3.14. The molecule has 0 saturated carbocycles. The number of ether oxygens (including phenoxy) is 1. The maximum atomic E-state index is 12.0. The molecule has 0 fully saturated rings. The molecule has 0 atom stereocenters. The molecule has 1 aliphatic rings. The Morgan fingerprint density at radius 3 is 2.67 bits per heavy atom. The largest absolute Gasteiger partial charge is 0.449 e. The molecule has 2 amide bonds. The fraction of sp³-hybridized carbons (Fsp3) is 0.273. The van der Waals surface area contributed by atoms with Gasteiger partial charge in [0.1, 0.15) is 4.90 Å². The highest BCUT2D eigenvalue weighted by atomic mass is 32.2. The molecule has 0 radical (unpaired) electrons. The van der Waals surface area contributed by atoms with Crippen molar-refractivity contribution in [2.75, 3.05) is 6.61 Å². The standard InChI is InChI=1S/C11H11NO5S/c1-3-17-11(14)12-10(13)8-6-7(2)4-5-9(8)18(12,15)16/h4-6H,3H2,1-2H3. The van der Waals surface area contributed by atoms with Crippen molar-refractivity contribution < 1.29 is 22.7 Å². The number of sulfonamides is 1. The number of imide groups is 1. The van der Waals surface area contributed by atoms with Gasteiger partial charge in [-0.25, -0.2) is 13.2 Å². The maximum absolute atomic E-state index is 12.0. The van der Waals surface area contributed by atoms with Gasteiger partial charge < -0.3 is 4.74 Å². The number of amides is 2. The van der Waals surface area contributed by atoms with Crippen molar-refractivity contribution in [2.24, 2.45) is 0 Å². The zero-order valence-corrected chi connectivity index (χ0v) is 10.7. The normalized spacial score (nSPS) is 16.6. The van der Waals surface area contributed by atoms with Crippen LogP contribution in [0, 0.1) is 6.92 Å². The maximum Gasteiger partial charge on any atom is 0.431 e. The second-order valence-electron chi connectivity index (χ2n) is 3.77. The van der Waals surface area contributed by atoms with Crippen LogP contribution in [0.3, 0.4) is 0 Å². The third-order valence-corrected chi connectivity index (χ3v) is 4.21. The summed E-state index contributed by atoms with van der Waals surface area (Å²) >= 11 is 0. The first kappa shape index (κ1) is 12.6. The number of hydrogen-bond donors (Lipinski definition) is 0. The molecule has 1 aliphatic heterocycles. The molecule has 6 nitrogen and oxygen atoms in total. The Labute approximate surface area is 104 Å². The Bertz CT molecular complexity index is 635. The number of carbonyl (C=O) groups excluding carboxylic acids is 2. The quantitative estimate of drug-likeness (QED) is 0.767. The summed E-state index contributed by atoms with van der Waals surface area (Å²) in [4.78, 5) is 23.3. The van der Waals surface area contributed by atoms with Crippen LogP contribution >= 0.6 is 0 Å². The summed E-state index contributed by atoms with van der Waals surface area (Å²) in [7, 11) is -4.12. The first-order valence-corrected chi connectivity index (χ1v) is 6.70. The van der Waals surface area contributed by atoms with Crippen LogP contribution in [0.1, 0.15) is 22.8 Å². The van der Waals surface area contributed by atoms with E-state index in [1.807, 2.05) is 0 Å². The molecule has 1 heterocycles. The lowest BCUT2D eigenvalue weighted by molar-refractivity contribution is 0.0815. The van der Waals surface area contributed by atoms with Crippen molar-refractivity contribution in [3.05, 3.63) is 29.3 Å². The lowest BCUT2D eigenvalue weighted by atomic mass is 10.1. The van der Waals surface area contributed by atoms with Crippen LogP contribution in [0.15, 0.2) is 23.1 Å². The molecule has 96 valence electrons. The number of fused-ring (bicyclic) bond motifs is 1. The molecular formula is C11H11NO5S. The van der Waals surface area contributed by atoms with Gasteiger partial charge in [-0.2, -0.15) is 0 Å². The van der Waals surface area contributed by atoms with E-state index in [2.05, 4.69) is 4.74 Å². The topological polar surface area (TPSA) is 80.8 Å². The van der Waals surface area contributed by atoms with E-state index >= 15 is 0 Å². The molecule has 0 aromatic heterocycles. The van der Waals surface area contributed by atoms with Gasteiger partial charge in [0.05, 0.1) is 12.2 Å². The average molecular weight is 269 g/mol. The Kier molecular flexibility index (Phi) is 2.86. The van der Waals surface area contributed by atoms with E-state index in [4.69, 9.17) is 0 Å². The number of hydrogen-bond acceptors (Lipinski definition) is 5. The van der Waals surface area contributed by atoms with Crippen LogP contribution in [-0.2, 0) is 14.8 Å². The molecule has 2 rings (SSSR count). The number of rotatable bonds is 1. The number of carbonyl (C=O) groups is 2. The molecule has 1 aromatic rings. The van der Waals surface area contributed by atoms with Crippen LogP contribution in [0.5, 0.6) is 0 Å². The van der Waals surface area contributed by atoms with Gasteiger partial charge in [-0.1, -0.05) is 11.6 Å². The van der Waals surface area contributed by atoms with Gasteiger partial charge in [0, 0.05) is 0 Å². The molecule has 1 aromatic carbocycles. The van der Waals surface area contributed by atoms with E-state index in [9.17, 15) is 18.0 Å². The van der Waals surface area contributed by atoms with Gasteiger partial charge >= 0.3 is 6.09 Å². The van der Waals surface area contributed by atoms with Gasteiger partial charge in [-0.3, -0.25) is 4.79 Å². The summed E-state index contributed by atoms with van der Waals surface area (Å²) in [6.45, 7) is 3.25. The third kappa shape index (κ3) is 1.67. The minimum atomic E-state index is -4.12. The first-order chi connectivity index (χ1) is 8.39. The van der Waals surface area contributed by atoms with Gasteiger partial charge in [0.2, 0.25) is 0 Å². The van der Waals surface area contributed by atoms with Gasteiger partial charge in [0.25, 0.3) is 15.9 Å². The van der Waals surface area contributed by atoms with Crippen LogP contribution in [-0.4, -0.2) is 31.3 Å². The van der Waals surface area contributed by atoms with Crippen molar-refractivity contribution in [2.45, 2.75) is 18.7 Å². The lowest BCUT2D eigenvalue weighted by Crippen LogP contribution is -2.36. The summed E-state index contributed by atoms with van der Waals surface area (Å²) in [6.07, 6.45) is -1.17. The van der Waals surface area contributed by atoms with Gasteiger partial charge in [-0.05, 0) is 26.0 Å². The van der Waals surface area contributed by atoms with Crippen LogP contribution < -0.4 is 0 Å². The monoisotopic (exact) mass is 269 g/mol. The van der Waals surface area contributed by atoms with Gasteiger partial charge in [-0.15, -0.1) is 4.31 Å². The average Bonchev–Trinajstić information content (AvgIpc) is 2.46. The van der Waals surface area contributed by atoms with E-state index in [1.165, 1.54) is 19.1 Å². The van der Waals surface area contributed by atoms with E-state index in [-0.39, 0.29) is 21.4 Å². The van der Waals surface area contributed by atoms with Crippen LogP contribution in [0.4, 0.5) is 4.79 Å². The minimum absolute atomic E-state index is 0.00283. The second-order valence-corrected chi connectivity index (χ2v) is 5.53. The Morgan fingerprint density at radius 1 is 1.39 bits per heavy atom. The Morgan fingerprint density at radius 2 is 2.06 bits per heavy atom. The molecule has 0 N–H and O–H groups in total. The van der Waals surface area contributed by atoms with Crippen LogP contribution in [0.25, 0.3) is 0 Å². The van der Waals surface area contributed by atoms with Crippen molar-refractivity contribution in [3.63, 3.8) is 0 Å². The molecule has 0 spiro atoms. The lowest BCUT2D eigenvalue weighted by Gasteiger charge is -2.11. The zero-order valence-electron chi connectivity index (χ0n) is 9.84. The summed E-state index contributed by atoms with van der Waals surface area (Å²) in [6, 6.07) is 4.32. The zero-order chi connectivity index (χ0) is 13.5. The number of benzene rings is 1. The second kappa shape index (κ2) is 4.09. The number of nitrogens with zero attached hydrogens (tertiary/aromatic N) is 1. The van der Waals surface area contributed by atoms with E-state index < -0.39 is 22.0 Å². The predicted molar refractivity (Wildman–Crippen MR) is 61.6 cm³/mol. The van der Waals surface area contributed by atoms with Crippen molar-refractivity contribution >= 4 is 22.0 Å². The van der Waals surface area contributed by atoms with E-state index in [1.54, 1.807) is 13.0 Å². The fourth-order valence-electron chi connectivity index (χ4n) is 1.72. The van der Waals surface area contributed by atoms with Crippen LogP contribution in [0.2, 0.25) is 0 Å². The Hall–Kier alpha value is -1.89. The summed E-state index contributed by atoms with van der Waals surface area (Å²) < 4.78 is 28.8. The molecule has 7 heteroatoms. The minimum Gasteiger partial charge on any atom is -0.449 e. The summed E-state index contributed by atoms with van der Waals surface area (Å²) in [5, 5.41) is 0. The molecular weight excluding hydrogens is 258 g/mol. The summed E-state index contributed by atoms with van der Waals surface area (Å²) in [5.74, 6) is -0.868. The van der Waals surface area contributed by atoms with Gasteiger partial charge in [0.15, 0.2) is 0 Å². The smallest absolute Gasteiger partial charge is 0.431 e. The third-order valence-electron chi connectivity index (χ3n) is 2.50. The SMILES string of the molecule is CCOC(=O)N1C(=O)c2cc(C)ccc2S1(=O)=O.